The Bertz CT molecular complexity index is 1150. The van der Waals surface area contributed by atoms with Gasteiger partial charge in [-0.25, -0.2) is 15.0 Å². The molecule has 0 amide bonds. The van der Waals surface area contributed by atoms with Crippen molar-refractivity contribution in [2.45, 2.75) is 71.6 Å². The summed E-state index contributed by atoms with van der Waals surface area (Å²) in [5.41, 5.74) is 1.86. The van der Waals surface area contributed by atoms with Crippen LogP contribution in [0, 0.1) is 0 Å². The highest BCUT2D eigenvalue weighted by molar-refractivity contribution is 5.62. The molecule has 1 heterocycles. The van der Waals surface area contributed by atoms with Crippen molar-refractivity contribution in [2.75, 3.05) is 19.8 Å². The first-order valence-electron chi connectivity index (χ1n) is 14.4. The van der Waals surface area contributed by atoms with E-state index in [0.717, 1.165) is 99.0 Å². The largest absolute Gasteiger partial charge is 0.494 e. The van der Waals surface area contributed by atoms with Gasteiger partial charge in [0.2, 0.25) is 0 Å². The molecule has 0 saturated heterocycles. The Morgan fingerprint density at radius 3 is 1.56 bits per heavy atom. The van der Waals surface area contributed by atoms with Crippen LogP contribution < -0.4 is 9.47 Å². The van der Waals surface area contributed by atoms with Gasteiger partial charge in [0.25, 0.3) is 0 Å². The molecular formula is C33H41N3O3. The highest BCUT2D eigenvalue weighted by Gasteiger charge is 2.19. The highest BCUT2D eigenvalue weighted by Crippen LogP contribution is 2.30. The number of hydrogen-bond donors (Lipinski definition) is 0. The third kappa shape index (κ3) is 8.41. The molecular weight excluding hydrogens is 486 g/mol. The van der Waals surface area contributed by atoms with Gasteiger partial charge >= 0.3 is 0 Å². The van der Waals surface area contributed by atoms with Crippen LogP contribution in [-0.4, -0.2) is 34.8 Å². The second-order valence-corrected chi connectivity index (χ2v) is 9.80. The minimum atomic E-state index is 0.0531. The van der Waals surface area contributed by atoms with Crippen LogP contribution in [0.2, 0.25) is 0 Å². The Labute approximate surface area is 233 Å². The number of nitrogens with zero attached hydrogens (tertiary/aromatic N) is 3. The highest BCUT2D eigenvalue weighted by atomic mass is 16.5. The number of unbranched alkanes of at least 4 members (excludes halogenated alkanes) is 3. The molecule has 0 bridgehead atoms. The van der Waals surface area contributed by atoms with Crippen molar-refractivity contribution >= 4 is 0 Å². The summed E-state index contributed by atoms with van der Waals surface area (Å²) >= 11 is 0. The standard InChI is InChI=1S/C33H41N3O3/c1-4-7-22-37-28-16-10-25(11-17-28)31-34-32(26-12-18-29(19-13-26)38-23-8-5-2)36-33(35-31)27-14-20-30(21-15-27)39-24-9-6-3/h10-14,16-21,27H,4-9,15,22-24H2,1-3H3. The molecule has 3 aromatic rings. The van der Waals surface area contributed by atoms with Crippen LogP contribution in [0.3, 0.4) is 0 Å². The van der Waals surface area contributed by atoms with Crippen molar-refractivity contribution in [1.29, 1.82) is 0 Å². The second-order valence-electron chi connectivity index (χ2n) is 9.80. The van der Waals surface area contributed by atoms with E-state index >= 15 is 0 Å². The van der Waals surface area contributed by atoms with Crippen molar-refractivity contribution in [3.63, 3.8) is 0 Å². The topological polar surface area (TPSA) is 66.4 Å². The van der Waals surface area contributed by atoms with Crippen molar-refractivity contribution < 1.29 is 14.2 Å². The zero-order valence-corrected chi connectivity index (χ0v) is 23.6. The molecule has 1 aliphatic carbocycles. The molecule has 206 valence electrons. The molecule has 1 aliphatic rings. The molecule has 1 atom stereocenters. The lowest BCUT2D eigenvalue weighted by molar-refractivity contribution is 0.217. The van der Waals surface area contributed by atoms with E-state index in [9.17, 15) is 0 Å². The first-order chi connectivity index (χ1) is 19.2. The fourth-order valence-corrected chi connectivity index (χ4v) is 4.12. The molecule has 0 aliphatic heterocycles. The summed E-state index contributed by atoms with van der Waals surface area (Å²) in [6.07, 6.45) is 13.6. The minimum Gasteiger partial charge on any atom is -0.494 e. The summed E-state index contributed by atoms with van der Waals surface area (Å²) in [5.74, 6) is 4.75. The van der Waals surface area contributed by atoms with E-state index in [4.69, 9.17) is 29.2 Å². The van der Waals surface area contributed by atoms with E-state index in [-0.39, 0.29) is 5.92 Å². The van der Waals surface area contributed by atoms with E-state index in [1.165, 1.54) is 0 Å². The zero-order chi connectivity index (χ0) is 27.3. The molecule has 0 saturated carbocycles. The average Bonchev–Trinajstić information content (AvgIpc) is 2.98. The van der Waals surface area contributed by atoms with Crippen LogP contribution in [-0.2, 0) is 4.74 Å². The Kier molecular flexibility index (Phi) is 10.9. The molecule has 0 N–H and O–H groups in total. The quantitative estimate of drug-likeness (QED) is 0.185. The maximum Gasteiger partial charge on any atom is 0.163 e. The molecule has 0 radical (unpaired) electrons. The van der Waals surface area contributed by atoms with Gasteiger partial charge in [-0.2, -0.15) is 0 Å². The monoisotopic (exact) mass is 527 g/mol. The maximum absolute atomic E-state index is 5.88. The number of allylic oxidation sites excluding steroid dienone is 3. The molecule has 0 fully saturated rings. The van der Waals surface area contributed by atoms with Gasteiger partial charge in [0.15, 0.2) is 11.6 Å². The van der Waals surface area contributed by atoms with Gasteiger partial charge in [-0.05, 0) is 86.4 Å². The molecule has 4 rings (SSSR count). The third-order valence-electron chi connectivity index (χ3n) is 6.58. The Balaban J connectivity index is 1.59. The van der Waals surface area contributed by atoms with Crippen LogP contribution in [0.15, 0.2) is 72.5 Å². The summed E-state index contributed by atoms with van der Waals surface area (Å²) in [5, 5.41) is 0. The van der Waals surface area contributed by atoms with Crippen molar-refractivity contribution in [1.82, 2.24) is 15.0 Å². The lowest BCUT2D eigenvalue weighted by Gasteiger charge is -2.17. The smallest absolute Gasteiger partial charge is 0.163 e. The lowest BCUT2D eigenvalue weighted by atomic mass is 9.99. The van der Waals surface area contributed by atoms with E-state index in [1.54, 1.807) is 0 Å². The van der Waals surface area contributed by atoms with Gasteiger partial charge in [-0.15, -0.1) is 0 Å². The number of benzene rings is 2. The molecule has 0 spiro atoms. The summed E-state index contributed by atoms with van der Waals surface area (Å²) in [6.45, 7) is 8.67. The predicted molar refractivity (Wildman–Crippen MR) is 157 cm³/mol. The van der Waals surface area contributed by atoms with E-state index in [2.05, 4.69) is 32.9 Å². The van der Waals surface area contributed by atoms with Gasteiger partial charge in [0.05, 0.1) is 19.8 Å². The summed E-state index contributed by atoms with van der Waals surface area (Å²) in [6, 6.07) is 16.0. The van der Waals surface area contributed by atoms with Gasteiger partial charge in [0, 0.05) is 17.0 Å². The Morgan fingerprint density at radius 2 is 1.13 bits per heavy atom. The fraction of sp³-hybridized carbons (Fsp3) is 0.424. The molecule has 1 unspecified atom stereocenters. The van der Waals surface area contributed by atoms with Crippen molar-refractivity contribution in [3.05, 3.63) is 78.3 Å². The number of hydrogen-bond acceptors (Lipinski definition) is 6. The summed E-state index contributed by atoms with van der Waals surface area (Å²) < 4.78 is 17.6. The fourth-order valence-electron chi connectivity index (χ4n) is 4.12. The lowest BCUT2D eigenvalue weighted by Crippen LogP contribution is -2.09. The SMILES string of the molecule is CCCCOC1=CCC(c2nc(-c3ccc(OCCCC)cc3)nc(-c3ccc(OCCCC)cc3)n2)C=C1. The number of ether oxygens (including phenoxy) is 3. The van der Waals surface area contributed by atoms with Gasteiger partial charge in [-0.3, -0.25) is 0 Å². The third-order valence-corrected chi connectivity index (χ3v) is 6.58. The summed E-state index contributed by atoms with van der Waals surface area (Å²) in [7, 11) is 0. The predicted octanol–water partition coefficient (Wildman–Crippen LogP) is 8.31. The van der Waals surface area contributed by atoms with Crippen LogP contribution in [0.1, 0.15) is 77.5 Å². The molecule has 6 nitrogen and oxygen atoms in total. The Morgan fingerprint density at radius 1 is 0.641 bits per heavy atom. The van der Waals surface area contributed by atoms with E-state index in [1.807, 2.05) is 54.6 Å². The van der Waals surface area contributed by atoms with Gasteiger partial charge < -0.3 is 14.2 Å². The van der Waals surface area contributed by atoms with Crippen molar-refractivity contribution in [3.8, 4) is 34.3 Å². The molecule has 6 heteroatoms. The average molecular weight is 528 g/mol. The number of aromatic nitrogens is 3. The van der Waals surface area contributed by atoms with E-state index < -0.39 is 0 Å². The van der Waals surface area contributed by atoms with Crippen LogP contribution in [0.4, 0.5) is 0 Å². The van der Waals surface area contributed by atoms with Gasteiger partial charge in [-0.1, -0.05) is 46.1 Å². The van der Waals surface area contributed by atoms with Crippen LogP contribution in [0.25, 0.3) is 22.8 Å². The van der Waals surface area contributed by atoms with Gasteiger partial charge in [0.1, 0.15) is 23.1 Å². The first kappa shape index (κ1) is 28.3. The molecule has 2 aromatic carbocycles. The minimum absolute atomic E-state index is 0.0531. The molecule has 1 aromatic heterocycles. The second kappa shape index (κ2) is 15.1. The van der Waals surface area contributed by atoms with Crippen LogP contribution >= 0.6 is 0 Å². The summed E-state index contributed by atoms with van der Waals surface area (Å²) in [4.78, 5) is 14.7. The maximum atomic E-state index is 5.88. The molecule has 39 heavy (non-hydrogen) atoms. The van der Waals surface area contributed by atoms with E-state index in [0.29, 0.717) is 11.6 Å². The van der Waals surface area contributed by atoms with Crippen molar-refractivity contribution in [2.24, 2.45) is 0 Å². The normalized spacial score (nSPS) is 14.6. The first-order valence-corrected chi connectivity index (χ1v) is 14.4. The number of rotatable bonds is 15. The van der Waals surface area contributed by atoms with Crippen LogP contribution in [0.5, 0.6) is 11.5 Å². The Hall–Kier alpha value is -3.67. The zero-order valence-electron chi connectivity index (χ0n) is 23.6.